The number of carboxylic acids is 1. The number of amides is 2. The number of rotatable bonds is 5. The van der Waals surface area contributed by atoms with Crippen molar-refractivity contribution in [3.63, 3.8) is 0 Å². The molecule has 3 atom stereocenters. The van der Waals surface area contributed by atoms with Crippen LogP contribution in [0.3, 0.4) is 0 Å². The van der Waals surface area contributed by atoms with Gasteiger partial charge in [0.05, 0.1) is 6.61 Å². The number of carbonyl (C=O) groups excluding carboxylic acids is 1. The summed E-state index contributed by atoms with van der Waals surface area (Å²) in [7, 11) is 0. The molecule has 6 nitrogen and oxygen atoms in total. The minimum Gasteiger partial charge on any atom is -0.480 e. The number of nitrogens with one attached hydrogen (secondary N) is 2. The first-order valence-electron chi connectivity index (χ1n) is 6.07. The highest BCUT2D eigenvalue weighted by Gasteiger charge is 2.39. The monoisotopic (exact) mass is 264 g/mol. The molecule has 4 N–H and O–H groups in total. The van der Waals surface area contributed by atoms with Gasteiger partial charge < -0.3 is 20.8 Å². The van der Waals surface area contributed by atoms with E-state index in [1.54, 1.807) is 0 Å². The van der Waals surface area contributed by atoms with Crippen LogP contribution in [0.4, 0.5) is 4.79 Å². The Morgan fingerprint density at radius 2 is 2.00 bits per heavy atom. The molecule has 1 aliphatic rings. The van der Waals surface area contributed by atoms with Crippen molar-refractivity contribution in [1.82, 2.24) is 10.6 Å². The summed E-state index contributed by atoms with van der Waals surface area (Å²) in [5.41, 5.74) is 1.16. The number of aliphatic hydroxyl groups is 1. The Kier molecular flexibility index (Phi) is 4.01. The van der Waals surface area contributed by atoms with Crippen molar-refractivity contribution >= 4 is 12.0 Å². The van der Waals surface area contributed by atoms with E-state index in [-0.39, 0.29) is 12.0 Å². The molecule has 1 aromatic carbocycles. The van der Waals surface area contributed by atoms with Gasteiger partial charge in [-0.15, -0.1) is 0 Å². The van der Waals surface area contributed by atoms with E-state index in [0.29, 0.717) is 0 Å². The number of urea groups is 1. The molecule has 102 valence electrons. The molecule has 1 saturated carbocycles. The maximum Gasteiger partial charge on any atom is 0.328 e. The van der Waals surface area contributed by atoms with Crippen molar-refractivity contribution in [2.45, 2.75) is 24.4 Å². The Hall–Kier alpha value is -2.08. The highest BCUT2D eigenvalue weighted by molar-refractivity contribution is 5.83. The van der Waals surface area contributed by atoms with E-state index in [0.717, 1.165) is 12.0 Å². The zero-order chi connectivity index (χ0) is 13.8. The second-order valence-electron chi connectivity index (χ2n) is 4.55. The van der Waals surface area contributed by atoms with Crippen molar-refractivity contribution < 1.29 is 19.8 Å². The van der Waals surface area contributed by atoms with Crippen LogP contribution in [0.2, 0.25) is 0 Å². The summed E-state index contributed by atoms with van der Waals surface area (Å²) in [4.78, 5) is 22.2. The first kappa shape index (κ1) is 13.4. The first-order valence-corrected chi connectivity index (χ1v) is 6.07. The van der Waals surface area contributed by atoms with E-state index in [1.165, 1.54) is 0 Å². The molecule has 1 aliphatic carbocycles. The van der Waals surface area contributed by atoms with Crippen LogP contribution in [0.1, 0.15) is 17.9 Å². The fraction of sp³-hybridized carbons (Fsp3) is 0.385. The van der Waals surface area contributed by atoms with E-state index < -0.39 is 24.6 Å². The molecular formula is C13H16N2O4. The van der Waals surface area contributed by atoms with Gasteiger partial charge in [0.15, 0.2) is 6.04 Å². The molecule has 2 amide bonds. The predicted molar refractivity (Wildman–Crippen MR) is 67.8 cm³/mol. The second-order valence-corrected chi connectivity index (χ2v) is 4.55. The molecule has 1 fully saturated rings. The summed E-state index contributed by atoms with van der Waals surface area (Å²) in [6.45, 7) is -0.629. The lowest BCUT2D eigenvalue weighted by atomic mass is 10.1. The second kappa shape index (κ2) is 5.71. The molecule has 0 aromatic heterocycles. The lowest BCUT2D eigenvalue weighted by Gasteiger charge is -2.12. The molecule has 19 heavy (non-hydrogen) atoms. The molecule has 2 rings (SSSR count). The number of hydrogen-bond donors (Lipinski definition) is 4. The molecule has 0 heterocycles. The minimum absolute atomic E-state index is 0.0236. The SMILES string of the molecule is O=C(NC1CC1c1ccccc1)N[C@@H](CO)C(=O)O. The molecular weight excluding hydrogens is 248 g/mol. The number of aliphatic carboxylic acids is 1. The molecule has 0 radical (unpaired) electrons. The number of carbonyl (C=O) groups is 2. The topological polar surface area (TPSA) is 98.7 Å². The van der Waals surface area contributed by atoms with Crippen LogP contribution in [0.15, 0.2) is 30.3 Å². The van der Waals surface area contributed by atoms with Gasteiger partial charge in [0, 0.05) is 12.0 Å². The number of aliphatic hydroxyl groups excluding tert-OH is 1. The van der Waals surface area contributed by atoms with Gasteiger partial charge >= 0.3 is 12.0 Å². The van der Waals surface area contributed by atoms with E-state index >= 15 is 0 Å². The average Bonchev–Trinajstić information content (AvgIpc) is 3.16. The van der Waals surface area contributed by atoms with Gasteiger partial charge in [-0.3, -0.25) is 0 Å². The Labute approximate surface area is 110 Å². The van der Waals surface area contributed by atoms with E-state index in [9.17, 15) is 9.59 Å². The summed E-state index contributed by atoms with van der Waals surface area (Å²) in [5.74, 6) is -0.975. The van der Waals surface area contributed by atoms with Crippen molar-refractivity contribution in [2.75, 3.05) is 6.61 Å². The highest BCUT2D eigenvalue weighted by Crippen LogP contribution is 2.40. The Morgan fingerprint density at radius 1 is 1.32 bits per heavy atom. The Morgan fingerprint density at radius 3 is 2.58 bits per heavy atom. The zero-order valence-electron chi connectivity index (χ0n) is 10.2. The van der Waals surface area contributed by atoms with Crippen molar-refractivity contribution in [2.24, 2.45) is 0 Å². The van der Waals surface area contributed by atoms with Gasteiger partial charge in [-0.05, 0) is 12.0 Å². The minimum atomic E-state index is -1.27. The van der Waals surface area contributed by atoms with Crippen LogP contribution in [0, 0.1) is 0 Å². The molecule has 1 aromatic rings. The van der Waals surface area contributed by atoms with E-state index in [1.807, 2.05) is 30.3 Å². The normalized spacial score (nSPS) is 22.4. The standard InChI is InChI=1S/C13H16N2O4/c16-7-11(12(17)18)15-13(19)14-10-6-9(10)8-4-2-1-3-5-8/h1-5,9-11,16H,6-7H2,(H,17,18)(H2,14,15,19)/t9?,10?,11-/m0/s1. The fourth-order valence-corrected chi connectivity index (χ4v) is 1.98. The lowest BCUT2D eigenvalue weighted by Crippen LogP contribution is -2.48. The summed E-state index contributed by atoms with van der Waals surface area (Å²) in [6, 6.07) is 8.00. The van der Waals surface area contributed by atoms with E-state index in [4.69, 9.17) is 10.2 Å². The van der Waals surface area contributed by atoms with Crippen molar-refractivity contribution in [1.29, 1.82) is 0 Å². The summed E-state index contributed by atoms with van der Waals surface area (Å²) in [5, 5.41) is 22.4. The third-order valence-corrected chi connectivity index (χ3v) is 3.12. The predicted octanol–water partition coefficient (Wildman–Crippen LogP) is 0.287. The first-order chi connectivity index (χ1) is 9.11. The van der Waals surface area contributed by atoms with Gasteiger partial charge in [0.2, 0.25) is 0 Å². The Bertz CT molecular complexity index is 463. The molecule has 0 saturated heterocycles. The fourth-order valence-electron chi connectivity index (χ4n) is 1.98. The van der Waals surface area contributed by atoms with Gasteiger partial charge in [0.25, 0.3) is 0 Å². The molecule has 0 aliphatic heterocycles. The summed E-state index contributed by atoms with van der Waals surface area (Å²) >= 11 is 0. The maximum absolute atomic E-state index is 11.5. The smallest absolute Gasteiger partial charge is 0.328 e. The average molecular weight is 264 g/mol. The van der Waals surface area contributed by atoms with Gasteiger partial charge in [-0.25, -0.2) is 9.59 Å². The third-order valence-electron chi connectivity index (χ3n) is 3.12. The van der Waals surface area contributed by atoms with Crippen LogP contribution in [0.25, 0.3) is 0 Å². The molecule has 0 spiro atoms. The number of carboxylic acid groups (broad SMARTS) is 1. The summed E-state index contributed by atoms with van der Waals surface area (Å²) < 4.78 is 0. The molecule has 0 bridgehead atoms. The van der Waals surface area contributed by atoms with Crippen LogP contribution in [0.5, 0.6) is 0 Å². The van der Waals surface area contributed by atoms with Crippen LogP contribution in [-0.2, 0) is 4.79 Å². The van der Waals surface area contributed by atoms with Gasteiger partial charge in [-0.1, -0.05) is 30.3 Å². The lowest BCUT2D eigenvalue weighted by molar-refractivity contribution is -0.140. The maximum atomic E-state index is 11.5. The van der Waals surface area contributed by atoms with Gasteiger partial charge in [0.1, 0.15) is 0 Å². The van der Waals surface area contributed by atoms with Crippen LogP contribution >= 0.6 is 0 Å². The van der Waals surface area contributed by atoms with Gasteiger partial charge in [-0.2, -0.15) is 0 Å². The Balaban J connectivity index is 1.81. The third kappa shape index (κ3) is 3.45. The van der Waals surface area contributed by atoms with Crippen LogP contribution < -0.4 is 10.6 Å². The number of hydrogen-bond acceptors (Lipinski definition) is 3. The largest absolute Gasteiger partial charge is 0.480 e. The zero-order valence-corrected chi connectivity index (χ0v) is 10.2. The van der Waals surface area contributed by atoms with E-state index in [2.05, 4.69) is 10.6 Å². The van der Waals surface area contributed by atoms with Crippen LogP contribution in [-0.4, -0.2) is 40.9 Å². The van der Waals surface area contributed by atoms with Crippen molar-refractivity contribution in [3.8, 4) is 0 Å². The summed E-state index contributed by atoms with van der Waals surface area (Å²) in [6.07, 6.45) is 0.842. The quantitative estimate of drug-likeness (QED) is 0.614. The molecule has 2 unspecified atom stereocenters. The molecule has 6 heteroatoms. The van der Waals surface area contributed by atoms with Crippen molar-refractivity contribution in [3.05, 3.63) is 35.9 Å². The highest BCUT2D eigenvalue weighted by atomic mass is 16.4. The number of benzene rings is 1.